The zero-order chi connectivity index (χ0) is 12.3. The molecule has 1 aromatic rings. The molecular formula is C12H18N2O2S. The molecule has 1 aliphatic heterocycles. The van der Waals surface area contributed by atoms with Crippen LogP contribution in [0.1, 0.15) is 24.3 Å². The molecule has 2 rings (SSSR count). The van der Waals surface area contributed by atoms with Crippen LogP contribution in [0.2, 0.25) is 0 Å². The van der Waals surface area contributed by atoms with Gasteiger partial charge in [0.15, 0.2) is 0 Å². The first-order valence-electron chi connectivity index (χ1n) is 5.80. The lowest BCUT2D eigenvalue weighted by Crippen LogP contribution is -2.41. The van der Waals surface area contributed by atoms with Crippen molar-refractivity contribution in [3.8, 4) is 0 Å². The van der Waals surface area contributed by atoms with Crippen LogP contribution in [0.3, 0.4) is 0 Å². The van der Waals surface area contributed by atoms with E-state index in [9.17, 15) is 4.79 Å². The predicted octanol–water partition coefficient (Wildman–Crippen LogP) is 1.30. The Morgan fingerprint density at radius 2 is 2.53 bits per heavy atom. The Hall–Kier alpha value is -0.910. The summed E-state index contributed by atoms with van der Waals surface area (Å²) in [5.41, 5.74) is 0. The smallest absolute Gasteiger partial charge is 0.237 e. The van der Waals surface area contributed by atoms with Crippen molar-refractivity contribution in [3.63, 3.8) is 0 Å². The Balaban J connectivity index is 1.85. The van der Waals surface area contributed by atoms with Crippen LogP contribution in [-0.2, 0) is 9.53 Å². The molecule has 94 valence electrons. The fourth-order valence-electron chi connectivity index (χ4n) is 2.01. The lowest BCUT2D eigenvalue weighted by molar-refractivity contribution is -0.123. The molecule has 0 bridgehead atoms. The topological polar surface area (TPSA) is 50.4 Å². The van der Waals surface area contributed by atoms with Crippen LogP contribution in [0.15, 0.2) is 17.5 Å². The summed E-state index contributed by atoms with van der Waals surface area (Å²) in [6.07, 6.45) is 0.905. The Kier molecular flexibility index (Phi) is 4.15. The largest absolute Gasteiger partial charge is 0.380 e. The van der Waals surface area contributed by atoms with Gasteiger partial charge in [-0.25, -0.2) is 0 Å². The molecule has 0 radical (unpaired) electrons. The second-order valence-electron chi connectivity index (χ2n) is 4.30. The van der Waals surface area contributed by atoms with E-state index in [1.807, 2.05) is 24.4 Å². The molecule has 2 unspecified atom stereocenters. The zero-order valence-corrected chi connectivity index (χ0v) is 10.9. The summed E-state index contributed by atoms with van der Waals surface area (Å²) < 4.78 is 5.23. The number of carbonyl (C=O) groups excluding carboxylic acids is 1. The third-order valence-corrected chi connectivity index (χ3v) is 4.12. The quantitative estimate of drug-likeness (QED) is 0.851. The summed E-state index contributed by atoms with van der Waals surface area (Å²) >= 11 is 1.66. The zero-order valence-electron chi connectivity index (χ0n) is 10.1. The third-order valence-electron chi connectivity index (χ3n) is 3.07. The summed E-state index contributed by atoms with van der Waals surface area (Å²) in [5, 5.41) is 8.22. The van der Waals surface area contributed by atoms with Gasteiger partial charge in [-0.3, -0.25) is 4.79 Å². The number of methoxy groups -OCH3 is 1. The average molecular weight is 254 g/mol. The van der Waals surface area contributed by atoms with E-state index in [-0.39, 0.29) is 24.1 Å². The normalized spacial score (nSPS) is 25.8. The van der Waals surface area contributed by atoms with Gasteiger partial charge in [0, 0.05) is 18.5 Å². The van der Waals surface area contributed by atoms with Crippen LogP contribution in [0.5, 0.6) is 0 Å². The molecule has 2 N–H and O–H groups in total. The fraction of sp³-hybridized carbons (Fsp3) is 0.583. The molecule has 17 heavy (non-hydrogen) atoms. The van der Waals surface area contributed by atoms with Gasteiger partial charge in [0.1, 0.15) is 0 Å². The first kappa shape index (κ1) is 12.5. The van der Waals surface area contributed by atoms with Gasteiger partial charge in [-0.1, -0.05) is 6.07 Å². The van der Waals surface area contributed by atoms with E-state index in [1.54, 1.807) is 18.4 Å². The van der Waals surface area contributed by atoms with Crippen molar-refractivity contribution >= 4 is 17.2 Å². The minimum absolute atomic E-state index is 0.0606. The maximum absolute atomic E-state index is 12.0. The van der Waals surface area contributed by atoms with Crippen LogP contribution in [0.4, 0.5) is 0 Å². The minimum atomic E-state index is -0.123. The van der Waals surface area contributed by atoms with E-state index >= 15 is 0 Å². The summed E-state index contributed by atoms with van der Waals surface area (Å²) in [4.78, 5) is 13.2. The molecule has 5 heteroatoms. The summed E-state index contributed by atoms with van der Waals surface area (Å²) in [6.45, 7) is 2.76. The van der Waals surface area contributed by atoms with E-state index in [1.165, 1.54) is 4.88 Å². The van der Waals surface area contributed by atoms with E-state index in [0.717, 1.165) is 13.0 Å². The van der Waals surface area contributed by atoms with Gasteiger partial charge in [0.25, 0.3) is 0 Å². The molecule has 1 amide bonds. The van der Waals surface area contributed by atoms with Crippen molar-refractivity contribution in [3.05, 3.63) is 22.4 Å². The number of hydrogen-bond acceptors (Lipinski definition) is 4. The predicted molar refractivity (Wildman–Crippen MR) is 68.1 cm³/mol. The maximum atomic E-state index is 12.0. The molecule has 1 saturated heterocycles. The molecule has 2 heterocycles. The van der Waals surface area contributed by atoms with E-state index in [2.05, 4.69) is 10.6 Å². The van der Waals surface area contributed by atoms with Crippen molar-refractivity contribution < 1.29 is 9.53 Å². The Morgan fingerprint density at radius 3 is 3.12 bits per heavy atom. The number of ether oxygens (including phenoxy) is 1. The van der Waals surface area contributed by atoms with E-state index < -0.39 is 0 Å². The molecule has 0 aromatic carbocycles. The van der Waals surface area contributed by atoms with Gasteiger partial charge in [0.05, 0.1) is 18.2 Å². The highest BCUT2D eigenvalue weighted by atomic mass is 32.1. The van der Waals surface area contributed by atoms with Crippen LogP contribution in [-0.4, -0.2) is 31.7 Å². The van der Waals surface area contributed by atoms with Gasteiger partial charge in [-0.2, -0.15) is 0 Å². The van der Waals surface area contributed by atoms with Crippen molar-refractivity contribution in [2.45, 2.75) is 31.5 Å². The fourth-order valence-corrected chi connectivity index (χ4v) is 2.74. The molecule has 0 saturated carbocycles. The van der Waals surface area contributed by atoms with Crippen LogP contribution >= 0.6 is 11.3 Å². The van der Waals surface area contributed by atoms with Gasteiger partial charge < -0.3 is 15.4 Å². The first-order valence-corrected chi connectivity index (χ1v) is 6.68. The van der Waals surface area contributed by atoms with Crippen LogP contribution in [0, 0.1) is 0 Å². The second-order valence-corrected chi connectivity index (χ2v) is 5.28. The Bertz CT molecular complexity index is 367. The molecule has 4 nitrogen and oxygen atoms in total. The van der Waals surface area contributed by atoms with Gasteiger partial charge in [-0.15, -0.1) is 11.3 Å². The number of hydrogen-bond donors (Lipinski definition) is 2. The lowest BCUT2D eigenvalue weighted by atomic mass is 10.1. The van der Waals surface area contributed by atoms with E-state index in [4.69, 9.17) is 4.74 Å². The highest BCUT2D eigenvalue weighted by Gasteiger charge is 2.29. The standard InChI is InChI=1S/C12H18N2O2S/c1-8(11-4-3-5-17-11)14-12(15)10-6-9(16-2)7-13-10/h3-5,8-10,13H,6-7H2,1-2H3,(H,14,15)/t8-,9?,10?/m1/s1. The monoisotopic (exact) mass is 254 g/mol. The summed E-state index contributed by atoms with van der Waals surface area (Å²) in [6, 6.07) is 3.99. The summed E-state index contributed by atoms with van der Waals surface area (Å²) in [7, 11) is 1.68. The molecular weight excluding hydrogens is 236 g/mol. The second kappa shape index (κ2) is 5.62. The van der Waals surface area contributed by atoms with Crippen molar-refractivity contribution in [1.82, 2.24) is 10.6 Å². The van der Waals surface area contributed by atoms with Gasteiger partial charge in [-0.05, 0) is 24.8 Å². The first-order chi connectivity index (χ1) is 8.20. The maximum Gasteiger partial charge on any atom is 0.237 e. The van der Waals surface area contributed by atoms with Gasteiger partial charge in [0.2, 0.25) is 5.91 Å². The molecule has 0 spiro atoms. The summed E-state index contributed by atoms with van der Waals surface area (Å²) in [5.74, 6) is 0.0606. The number of amides is 1. The number of nitrogens with one attached hydrogen (secondary N) is 2. The van der Waals surface area contributed by atoms with Crippen molar-refractivity contribution in [2.75, 3.05) is 13.7 Å². The van der Waals surface area contributed by atoms with Crippen LogP contribution in [0.25, 0.3) is 0 Å². The SMILES string of the molecule is COC1CNC(C(=O)N[C@H](C)c2cccs2)C1. The van der Waals surface area contributed by atoms with Crippen LogP contribution < -0.4 is 10.6 Å². The molecule has 1 aliphatic rings. The minimum Gasteiger partial charge on any atom is -0.380 e. The third kappa shape index (κ3) is 3.06. The molecule has 3 atom stereocenters. The number of rotatable bonds is 4. The molecule has 0 aliphatic carbocycles. The Labute approximate surface area is 105 Å². The Morgan fingerprint density at radius 1 is 1.71 bits per heavy atom. The highest BCUT2D eigenvalue weighted by Crippen LogP contribution is 2.19. The number of thiophene rings is 1. The molecule has 1 fully saturated rings. The lowest BCUT2D eigenvalue weighted by Gasteiger charge is -2.16. The van der Waals surface area contributed by atoms with Gasteiger partial charge >= 0.3 is 0 Å². The van der Waals surface area contributed by atoms with Crippen molar-refractivity contribution in [1.29, 1.82) is 0 Å². The van der Waals surface area contributed by atoms with E-state index in [0.29, 0.717) is 0 Å². The highest BCUT2D eigenvalue weighted by molar-refractivity contribution is 7.10. The average Bonchev–Trinajstić information content (AvgIpc) is 3.00. The van der Waals surface area contributed by atoms with Crippen molar-refractivity contribution in [2.24, 2.45) is 0 Å². The molecule has 1 aromatic heterocycles. The number of carbonyl (C=O) groups is 1.